The van der Waals surface area contributed by atoms with Crippen molar-refractivity contribution in [3.8, 4) is 0 Å². The summed E-state index contributed by atoms with van der Waals surface area (Å²) in [7, 11) is 0. The van der Waals surface area contributed by atoms with E-state index < -0.39 is 0 Å². The third-order valence-electron chi connectivity index (χ3n) is 3.10. The predicted octanol–water partition coefficient (Wildman–Crippen LogP) is 1.62. The number of nitrogens with zero attached hydrogens (tertiary/aromatic N) is 1. The SMILES string of the molecule is CC(O)C1CCCN1c1ccccc1N. The van der Waals surface area contributed by atoms with Gasteiger partial charge >= 0.3 is 0 Å². The molecule has 2 rings (SSSR count). The Bertz CT molecular complexity index is 338. The Morgan fingerprint density at radius 1 is 1.47 bits per heavy atom. The van der Waals surface area contributed by atoms with Gasteiger partial charge in [-0.25, -0.2) is 0 Å². The fourth-order valence-corrected chi connectivity index (χ4v) is 2.34. The lowest BCUT2D eigenvalue weighted by Gasteiger charge is -2.29. The van der Waals surface area contributed by atoms with Crippen molar-refractivity contribution in [1.82, 2.24) is 0 Å². The standard InChI is InChI=1S/C12H18N2O/c1-9(15)11-7-4-8-14(11)12-6-3-2-5-10(12)13/h2-3,5-6,9,11,15H,4,7-8,13H2,1H3. The number of hydrogen-bond donors (Lipinski definition) is 2. The van der Waals surface area contributed by atoms with Crippen LogP contribution in [0.15, 0.2) is 24.3 Å². The van der Waals surface area contributed by atoms with Crippen molar-refractivity contribution in [2.24, 2.45) is 0 Å². The molecule has 82 valence electrons. The molecule has 1 aromatic carbocycles. The van der Waals surface area contributed by atoms with E-state index in [1.807, 2.05) is 31.2 Å². The maximum atomic E-state index is 9.69. The van der Waals surface area contributed by atoms with Crippen LogP contribution in [0.2, 0.25) is 0 Å². The molecule has 3 nitrogen and oxygen atoms in total. The van der Waals surface area contributed by atoms with Crippen molar-refractivity contribution in [2.75, 3.05) is 17.2 Å². The lowest BCUT2D eigenvalue weighted by molar-refractivity contribution is 0.164. The Hall–Kier alpha value is -1.22. The molecule has 1 heterocycles. The third-order valence-corrected chi connectivity index (χ3v) is 3.10. The number of benzene rings is 1. The van der Waals surface area contributed by atoms with Gasteiger partial charge in [-0.05, 0) is 31.9 Å². The molecule has 0 aromatic heterocycles. The summed E-state index contributed by atoms with van der Waals surface area (Å²) in [4.78, 5) is 2.22. The number of para-hydroxylation sites is 2. The second-order valence-electron chi connectivity index (χ2n) is 4.20. The molecule has 1 fully saturated rings. The first kappa shape index (κ1) is 10.3. The first-order chi connectivity index (χ1) is 7.20. The van der Waals surface area contributed by atoms with Crippen molar-refractivity contribution >= 4 is 11.4 Å². The molecule has 0 spiro atoms. The number of aliphatic hydroxyl groups excluding tert-OH is 1. The van der Waals surface area contributed by atoms with Crippen LogP contribution in [0.5, 0.6) is 0 Å². The second-order valence-corrected chi connectivity index (χ2v) is 4.20. The number of hydrogen-bond acceptors (Lipinski definition) is 3. The highest BCUT2D eigenvalue weighted by molar-refractivity contribution is 5.68. The Balaban J connectivity index is 2.27. The van der Waals surface area contributed by atoms with E-state index in [0.29, 0.717) is 0 Å². The average molecular weight is 206 g/mol. The Kier molecular flexibility index (Phi) is 2.82. The van der Waals surface area contributed by atoms with Crippen molar-refractivity contribution in [2.45, 2.75) is 31.9 Å². The number of nitrogen functional groups attached to an aromatic ring is 1. The van der Waals surface area contributed by atoms with Gasteiger partial charge in [0.15, 0.2) is 0 Å². The molecule has 0 amide bonds. The van der Waals surface area contributed by atoms with Gasteiger partial charge in [0.1, 0.15) is 0 Å². The molecule has 3 heteroatoms. The van der Waals surface area contributed by atoms with Gasteiger partial charge in [0.25, 0.3) is 0 Å². The van der Waals surface area contributed by atoms with Gasteiger partial charge in [-0.1, -0.05) is 12.1 Å². The average Bonchev–Trinajstić information content (AvgIpc) is 2.67. The molecule has 0 radical (unpaired) electrons. The summed E-state index contributed by atoms with van der Waals surface area (Å²) in [6.07, 6.45) is 1.88. The summed E-state index contributed by atoms with van der Waals surface area (Å²) in [5, 5.41) is 9.69. The highest BCUT2D eigenvalue weighted by atomic mass is 16.3. The summed E-state index contributed by atoms with van der Waals surface area (Å²) in [6, 6.07) is 8.08. The van der Waals surface area contributed by atoms with Gasteiger partial charge in [-0.15, -0.1) is 0 Å². The van der Waals surface area contributed by atoms with Gasteiger partial charge in [0.05, 0.1) is 23.5 Å². The fourth-order valence-electron chi connectivity index (χ4n) is 2.34. The van der Waals surface area contributed by atoms with Crippen molar-refractivity contribution in [3.63, 3.8) is 0 Å². The minimum Gasteiger partial charge on any atom is -0.397 e. The first-order valence-corrected chi connectivity index (χ1v) is 5.49. The maximum Gasteiger partial charge on any atom is 0.0715 e. The monoisotopic (exact) mass is 206 g/mol. The molecule has 15 heavy (non-hydrogen) atoms. The topological polar surface area (TPSA) is 49.5 Å². The normalized spacial score (nSPS) is 23.1. The molecule has 0 bridgehead atoms. The van der Waals surface area contributed by atoms with E-state index >= 15 is 0 Å². The van der Waals surface area contributed by atoms with Crippen LogP contribution >= 0.6 is 0 Å². The molecule has 0 aliphatic carbocycles. The number of nitrogens with two attached hydrogens (primary N) is 1. The van der Waals surface area contributed by atoms with Gasteiger partial charge < -0.3 is 15.7 Å². The number of anilines is 2. The second kappa shape index (κ2) is 4.11. The molecule has 0 saturated carbocycles. The minimum atomic E-state index is -0.299. The van der Waals surface area contributed by atoms with E-state index in [2.05, 4.69) is 4.90 Å². The molecule has 1 aromatic rings. The van der Waals surface area contributed by atoms with Gasteiger partial charge in [0, 0.05) is 6.54 Å². The molecule has 3 N–H and O–H groups in total. The molecule has 2 atom stereocenters. The lowest BCUT2D eigenvalue weighted by Crippen LogP contribution is -2.37. The fraction of sp³-hybridized carbons (Fsp3) is 0.500. The quantitative estimate of drug-likeness (QED) is 0.723. The van der Waals surface area contributed by atoms with Crippen molar-refractivity contribution < 1.29 is 5.11 Å². The zero-order valence-corrected chi connectivity index (χ0v) is 9.06. The van der Waals surface area contributed by atoms with Gasteiger partial charge in [0.2, 0.25) is 0 Å². The summed E-state index contributed by atoms with van der Waals surface area (Å²) < 4.78 is 0. The zero-order valence-electron chi connectivity index (χ0n) is 9.06. The Morgan fingerprint density at radius 3 is 2.87 bits per heavy atom. The smallest absolute Gasteiger partial charge is 0.0715 e. The van der Waals surface area contributed by atoms with E-state index in [-0.39, 0.29) is 12.1 Å². The largest absolute Gasteiger partial charge is 0.397 e. The summed E-state index contributed by atoms with van der Waals surface area (Å²) >= 11 is 0. The van der Waals surface area contributed by atoms with Gasteiger partial charge in [-0.2, -0.15) is 0 Å². The van der Waals surface area contributed by atoms with E-state index in [9.17, 15) is 5.11 Å². The lowest BCUT2D eigenvalue weighted by atomic mass is 10.1. The number of aliphatic hydroxyl groups is 1. The predicted molar refractivity (Wildman–Crippen MR) is 62.9 cm³/mol. The van der Waals surface area contributed by atoms with Crippen LogP contribution in [0.4, 0.5) is 11.4 Å². The van der Waals surface area contributed by atoms with Crippen LogP contribution in [-0.2, 0) is 0 Å². The molecule has 2 unspecified atom stereocenters. The van der Waals surface area contributed by atoms with Crippen LogP contribution in [0.3, 0.4) is 0 Å². The van der Waals surface area contributed by atoms with Crippen LogP contribution < -0.4 is 10.6 Å². The maximum absolute atomic E-state index is 9.69. The van der Waals surface area contributed by atoms with E-state index in [4.69, 9.17) is 5.73 Å². The third kappa shape index (κ3) is 1.92. The Morgan fingerprint density at radius 2 is 2.20 bits per heavy atom. The zero-order chi connectivity index (χ0) is 10.8. The molecular weight excluding hydrogens is 188 g/mol. The summed E-state index contributed by atoms with van der Waals surface area (Å²) in [5.74, 6) is 0. The highest BCUT2D eigenvalue weighted by Gasteiger charge is 2.29. The van der Waals surface area contributed by atoms with Crippen LogP contribution in [0, 0.1) is 0 Å². The summed E-state index contributed by atoms with van der Waals surface area (Å²) in [6.45, 7) is 2.84. The first-order valence-electron chi connectivity index (χ1n) is 5.49. The molecule has 1 saturated heterocycles. The van der Waals surface area contributed by atoms with E-state index in [1.165, 1.54) is 0 Å². The van der Waals surface area contributed by atoms with Crippen LogP contribution in [-0.4, -0.2) is 23.8 Å². The number of rotatable bonds is 2. The highest BCUT2D eigenvalue weighted by Crippen LogP contribution is 2.31. The molecule has 1 aliphatic heterocycles. The summed E-state index contributed by atoms with van der Waals surface area (Å²) in [5.41, 5.74) is 7.79. The van der Waals surface area contributed by atoms with Crippen LogP contribution in [0.1, 0.15) is 19.8 Å². The van der Waals surface area contributed by atoms with E-state index in [1.54, 1.807) is 0 Å². The molecular formula is C12H18N2O. The minimum absolute atomic E-state index is 0.217. The molecule has 1 aliphatic rings. The van der Waals surface area contributed by atoms with Gasteiger partial charge in [-0.3, -0.25) is 0 Å². The van der Waals surface area contributed by atoms with Crippen LogP contribution in [0.25, 0.3) is 0 Å². The Labute approximate surface area is 90.5 Å². The van der Waals surface area contributed by atoms with Crippen molar-refractivity contribution in [1.29, 1.82) is 0 Å². The van der Waals surface area contributed by atoms with E-state index in [0.717, 1.165) is 30.8 Å². The van der Waals surface area contributed by atoms with Crippen molar-refractivity contribution in [3.05, 3.63) is 24.3 Å².